The molecule has 2 aromatic carbocycles. The molecular formula is C20H26LiN. The zero-order chi connectivity index (χ0) is 16.2. The van der Waals surface area contributed by atoms with Gasteiger partial charge in [-0.15, -0.1) is 0 Å². The third-order valence-electron chi connectivity index (χ3n) is 4.89. The SMILES string of the molecule is [Li][C](CC(C)CC)(c1ccccc1)c1ccc(N(C)C)cc1. The topological polar surface area (TPSA) is 3.24 Å². The maximum atomic E-state index is 2.39. The summed E-state index contributed by atoms with van der Waals surface area (Å²) in [7, 11) is 4.18. The van der Waals surface area contributed by atoms with Gasteiger partial charge in [0, 0.05) is 0 Å². The van der Waals surface area contributed by atoms with Gasteiger partial charge >= 0.3 is 145 Å². The van der Waals surface area contributed by atoms with Gasteiger partial charge in [0.15, 0.2) is 0 Å². The predicted molar refractivity (Wildman–Crippen MR) is 97.8 cm³/mol. The first kappa shape index (κ1) is 17.2. The summed E-state index contributed by atoms with van der Waals surface area (Å²) in [6.07, 6.45) is 2.40. The van der Waals surface area contributed by atoms with Gasteiger partial charge in [-0.3, -0.25) is 0 Å². The number of benzene rings is 2. The molecule has 0 radical (unpaired) electrons. The van der Waals surface area contributed by atoms with Crippen LogP contribution in [0.1, 0.15) is 37.8 Å². The van der Waals surface area contributed by atoms with E-state index in [0.717, 1.165) is 0 Å². The van der Waals surface area contributed by atoms with Crippen LogP contribution in [0.4, 0.5) is 5.69 Å². The van der Waals surface area contributed by atoms with Crippen LogP contribution in [-0.2, 0) is 4.09 Å². The van der Waals surface area contributed by atoms with Gasteiger partial charge in [-0.2, -0.15) is 0 Å². The number of hydrogen-bond acceptors (Lipinski definition) is 1. The van der Waals surface area contributed by atoms with Crippen LogP contribution in [0.3, 0.4) is 0 Å². The molecule has 112 valence electrons. The molecule has 1 nitrogen and oxygen atoms in total. The van der Waals surface area contributed by atoms with Gasteiger partial charge in [-0.25, -0.2) is 0 Å². The van der Waals surface area contributed by atoms with E-state index in [-0.39, 0.29) is 4.09 Å². The first-order valence-corrected chi connectivity index (χ1v) is 8.30. The molecule has 2 rings (SSSR count). The molecule has 0 saturated heterocycles. The molecular weight excluding hydrogens is 261 g/mol. The Morgan fingerprint density at radius 2 is 1.50 bits per heavy atom. The molecule has 2 aromatic rings. The molecule has 2 unspecified atom stereocenters. The van der Waals surface area contributed by atoms with Crippen molar-refractivity contribution in [2.24, 2.45) is 5.92 Å². The van der Waals surface area contributed by atoms with Crippen LogP contribution in [0.5, 0.6) is 0 Å². The van der Waals surface area contributed by atoms with Crippen LogP contribution in [0, 0.1) is 5.92 Å². The maximum absolute atomic E-state index is 2.39. The van der Waals surface area contributed by atoms with E-state index in [0.29, 0.717) is 5.92 Å². The molecule has 0 spiro atoms. The Bertz CT molecular complexity index is 576. The summed E-state index contributed by atoms with van der Waals surface area (Å²) in [5.74, 6) is 0.707. The molecule has 0 aliphatic rings. The molecule has 0 amide bonds. The molecule has 2 atom stereocenters. The fourth-order valence-electron chi connectivity index (χ4n) is 3.18. The minimum atomic E-state index is 0.0710. The van der Waals surface area contributed by atoms with Crippen LogP contribution in [0.25, 0.3) is 0 Å². The Morgan fingerprint density at radius 3 is 2.00 bits per heavy atom. The van der Waals surface area contributed by atoms with Crippen LogP contribution in [-0.4, -0.2) is 31.8 Å². The van der Waals surface area contributed by atoms with Gasteiger partial charge < -0.3 is 0 Å². The Hall–Kier alpha value is -1.16. The standard InChI is InChI=1S/C20H26N.Li/c1-5-16(2)15-20(17-9-7-6-8-10-17)18-11-13-19(14-12-18)21(3)4;/h6-14,16H,5,15H2,1-4H3;. The van der Waals surface area contributed by atoms with Crippen molar-refractivity contribution in [1.82, 2.24) is 0 Å². The zero-order valence-corrected chi connectivity index (χ0v) is 14.6. The van der Waals surface area contributed by atoms with Crippen LogP contribution < -0.4 is 4.90 Å². The number of anilines is 1. The van der Waals surface area contributed by atoms with E-state index in [1.54, 1.807) is 0 Å². The van der Waals surface area contributed by atoms with E-state index in [9.17, 15) is 0 Å². The van der Waals surface area contributed by atoms with Crippen molar-refractivity contribution in [3.63, 3.8) is 0 Å². The minimum absolute atomic E-state index is 0.0710. The van der Waals surface area contributed by atoms with Crippen molar-refractivity contribution in [3.8, 4) is 0 Å². The van der Waals surface area contributed by atoms with Crippen molar-refractivity contribution >= 4 is 23.4 Å². The summed E-state index contributed by atoms with van der Waals surface area (Å²) in [6.45, 7) is 4.64. The van der Waals surface area contributed by atoms with Gasteiger partial charge in [0.2, 0.25) is 0 Å². The molecule has 0 heterocycles. The quantitative estimate of drug-likeness (QED) is 0.702. The number of rotatable bonds is 6. The van der Waals surface area contributed by atoms with Crippen molar-refractivity contribution < 1.29 is 0 Å². The van der Waals surface area contributed by atoms with E-state index in [1.165, 1.54) is 29.7 Å². The van der Waals surface area contributed by atoms with E-state index < -0.39 is 0 Å². The van der Waals surface area contributed by atoms with Crippen LogP contribution >= 0.6 is 0 Å². The normalized spacial score (nSPS) is 15.2. The zero-order valence-electron chi connectivity index (χ0n) is 14.6. The summed E-state index contributed by atoms with van der Waals surface area (Å²) in [5.41, 5.74) is 4.07. The van der Waals surface area contributed by atoms with E-state index in [2.05, 4.69) is 105 Å². The van der Waals surface area contributed by atoms with Gasteiger partial charge in [-0.1, -0.05) is 0 Å². The third-order valence-corrected chi connectivity index (χ3v) is 4.89. The fraction of sp³-hybridized carbons (Fsp3) is 0.400. The second-order valence-electron chi connectivity index (χ2n) is 6.86. The molecule has 0 aliphatic heterocycles. The van der Waals surface area contributed by atoms with Gasteiger partial charge in [0.1, 0.15) is 0 Å². The van der Waals surface area contributed by atoms with E-state index in [1.807, 2.05) is 0 Å². The van der Waals surface area contributed by atoms with Gasteiger partial charge in [0.05, 0.1) is 0 Å². The molecule has 0 saturated carbocycles. The molecule has 0 N–H and O–H groups in total. The Morgan fingerprint density at radius 1 is 0.955 bits per heavy atom. The summed E-state index contributed by atoms with van der Waals surface area (Å²) in [4.78, 5) is 2.15. The third kappa shape index (κ3) is 3.78. The summed E-state index contributed by atoms with van der Waals surface area (Å²) in [5, 5.41) is 0. The summed E-state index contributed by atoms with van der Waals surface area (Å²) < 4.78 is 0.0710. The molecule has 0 aromatic heterocycles. The average Bonchev–Trinajstić information content (AvgIpc) is 2.55. The molecule has 0 aliphatic carbocycles. The first-order valence-electron chi connectivity index (χ1n) is 8.30. The molecule has 0 fully saturated rings. The Kier molecular flexibility index (Phi) is 5.79. The molecule has 0 bridgehead atoms. The Balaban J connectivity index is 2.44. The molecule has 2 heteroatoms. The average molecular weight is 287 g/mol. The predicted octanol–water partition coefficient (Wildman–Crippen LogP) is 4.60. The van der Waals surface area contributed by atoms with Crippen LogP contribution in [0.15, 0.2) is 54.6 Å². The van der Waals surface area contributed by atoms with E-state index >= 15 is 0 Å². The van der Waals surface area contributed by atoms with Crippen molar-refractivity contribution in [2.45, 2.75) is 30.8 Å². The number of hydrogen-bond donors (Lipinski definition) is 0. The number of nitrogens with zero attached hydrogens (tertiary/aromatic N) is 1. The monoisotopic (exact) mass is 287 g/mol. The van der Waals surface area contributed by atoms with E-state index in [4.69, 9.17) is 0 Å². The summed E-state index contributed by atoms with van der Waals surface area (Å²) in [6, 6.07) is 20.0. The van der Waals surface area contributed by atoms with Crippen molar-refractivity contribution in [1.29, 1.82) is 0 Å². The second kappa shape index (κ2) is 7.40. The van der Waals surface area contributed by atoms with Crippen molar-refractivity contribution in [3.05, 3.63) is 65.7 Å². The first-order chi connectivity index (χ1) is 10.5. The van der Waals surface area contributed by atoms with Crippen molar-refractivity contribution in [2.75, 3.05) is 19.0 Å². The fourth-order valence-corrected chi connectivity index (χ4v) is 3.18. The summed E-state index contributed by atoms with van der Waals surface area (Å²) >= 11 is 2.39. The Labute approximate surface area is 144 Å². The van der Waals surface area contributed by atoms with Crippen LogP contribution in [0.2, 0.25) is 0 Å². The molecule has 22 heavy (non-hydrogen) atoms. The second-order valence-corrected chi connectivity index (χ2v) is 6.86. The van der Waals surface area contributed by atoms with Gasteiger partial charge in [-0.05, 0) is 0 Å². The van der Waals surface area contributed by atoms with Gasteiger partial charge in [0.25, 0.3) is 0 Å².